The second-order valence-corrected chi connectivity index (χ2v) is 7.40. The monoisotopic (exact) mass is 436 g/mol. The number of carboxylic acids is 1. The van der Waals surface area contributed by atoms with Gasteiger partial charge in [0.2, 0.25) is 0 Å². The summed E-state index contributed by atoms with van der Waals surface area (Å²) in [6.45, 7) is 5.16. The van der Waals surface area contributed by atoms with Crippen LogP contribution in [0.1, 0.15) is 24.8 Å². The number of hydrogen-bond acceptors (Lipinski definition) is 4. The number of ether oxygens (including phenoxy) is 1. The van der Waals surface area contributed by atoms with Crippen molar-refractivity contribution in [1.82, 2.24) is 4.90 Å². The van der Waals surface area contributed by atoms with Crippen molar-refractivity contribution >= 4 is 24.1 Å². The van der Waals surface area contributed by atoms with E-state index in [-0.39, 0.29) is 24.6 Å². The highest BCUT2D eigenvalue weighted by Crippen LogP contribution is 2.18. The predicted octanol–water partition coefficient (Wildman–Crippen LogP) is 4.25. The highest BCUT2D eigenvalue weighted by molar-refractivity contribution is 5.85. The molecule has 164 valence electrons. The number of aliphatic carboxylic acids is 1. The fourth-order valence-electron chi connectivity index (χ4n) is 3.55. The molecule has 1 N–H and O–H groups in total. The zero-order chi connectivity index (χ0) is 20.5. The molecule has 0 radical (unpaired) electrons. The molecule has 3 rings (SSSR count). The van der Waals surface area contributed by atoms with Gasteiger partial charge in [-0.2, -0.15) is 0 Å². The number of carboxylic acid groups (broad SMARTS) is 1. The number of anilines is 1. The molecule has 7 heteroatoms. The van der Waals surface area contributed by atoms with Gasteiger partial charge in [-0.3, -0.25) is 9.69 Å². The van der Waals surface area contributed by atoms with Gasteiger partial charge in [-0.1, -0.05) is 18.2 Å². The van der Waals surface area contributed by atoms with Crippen LogP contribution < -0.4 is 9.64 Å². The van der Waals surface area contributed by atoms with Crippen LogP contribution in [0.5, 0.6) is 5.75 Å². The van der Waals surface area contributed by atoms with Crippen LogP contribution in [0.4, 0.5) is 10.1 Å². The van der Waals surface area contributed by atoms with E-state index in [0.29, 0.717) is 13.0 Å². The Morgan fingerprint density at radius 3 is 2.43 bits per heavy atom. The van der Waals surface area contributed by atoms with E-state index in [1.54, 1.807) is 12.1 Å². The summed E-state index contributed by atoms with van der Waals surface area (Å²) in [7, 11) is 0. The Labute approximate surface area is 183 Å². The Hall–Kier alpha value is -2.31. The third-order valence-electron chi connectivity index (χ3n) is 5.25. The van der Waals surface area contributed by atoms with E-state index < -0.39 is 5.97 Å². The van der Waals surface area contributed by atoms with Gasteiger partial charge in [0.1, 0.15) is 18.2 Å². The zero-order valence-corrected chi connectivity index (χ0v) is 18.0. The molecule has 2 aromatic rings. The van der Waals surface area contributed by atoms with E-state index in [0.717, 1.165) is 57.0 Å². The molecule has 0 amide bonds. The molecule has 0 saturated carbocycles. The summed E-state index contributed by atoms with van der Waals surface area (Å²) < 4.78 is 19.2. The molecular formula is C23H30ClFN2O3. The van der Waals surface area contributed by atoms with E-state index in [9.17, 15) is 9.18 Å². The molecular weight excluding hydrogens is 407 g/mol. The van der Waals surface area contributed by atoms with Crippen molar-refractivity contribution in [1.29, 1.82) is 0 Å². The third kappa shape index (κ3) is 7.84. The second-order valence-electron chi connectivity index (χ2n) is 7.40. The first kappa shape index (κ1) is 24.0. The maximum absolute atomic E-state index is 13.4. The number of unbranched alkanes of at least 4 members (excludes halogenated alkanes) is 1. The molecule has 0 aliphatic carbocycles. The van der Waals surface area contributed by atoms with Gasteiger partial charge in [0.05, 0.1) is 0 Å². The van der Waals surface area contributed by atoms with Crippen LogP contribution in [0.15, 0.2) is 48.5 Å². The van der Waals surface area contributed by atoms with Gasteiger partial charge < -0.3 is 14.7 Å². The molecule has 0 spiro atoms. The number of piperazine rings is 1. The Bertz CT molecular complexity index is 780. The highest BCUT2D eigenvalue weighted by Gasteiger charge is 2.17. The van der Waals surface area contributed by atoms with Crippen LogP contribution in [0, 0.1) is 5.82 Å². The highest BCUT2D eigenvalue weighted by atomic mass is 35.5. The van der Waals surface area contributed by atoms with Crippen molar-refractivity contribution < 1.29 is 19.0 Å². The molecule has 0 unspecified atom stereocenters. The van der Waals surface area contributed by atoms with Gasteiger partial charge in [-0.05, 0) is 55.2 Å². The van der Waals surface area contributed by atoms with E-state index in [1.807, 2.05) is 30.3 Å². The molecule has 1 saturated heterocycles. The summed E-state index contributed by atoms with van der Waals surface area (Å²) >= 11 is 0. The van der Waals surface area contributed by atoms with Gasteiger partial charge in [-0.25, -0.2) is 4.39 Å². The number of carbonyl (C=O) groups is 1. The van der Waals surface area contributed by atoms with Gasteiger partial charge in [-0.15, -0.1) is 12.4 Å². The summed E-state index contributed by atoms with van der Waals surface area (Å²) in [6.07, 6.45) is 2.72. The fraction of sp³-hybridized carbons (Fsp3) is 0.435. The number of benzene rings is 2. The lowest BCUT2D eigenvalue weighted by atomic mass is 10.1. The molecule has 0 atom stereocenters. The minimum Gasteiger partial charge on any atom is -0.492 e. The lowest BCUT2D eigenvalue weighted by Gasteiger charge is -2.36. The first-order valence-corrected chi connectivity index (χ1v) is 10.3. The number of nitrogens with zero attached hydrogens (tertiary/aromatic N) is 2. The predicted molar refractivity (Wildman–Crippen MR) is 119 cm³/mol. The topological polar surface area (TPSA) is 53.0 Å². The summed E-state index contributed by atoms with van der Waals surface area (Å²) in [5.74, 6) is -0.0635. The van der Waals surface area contributed by atoms with Crippen molar-refractivity contribution in [3.63, 3.8) is 0 Å². The van der Waals surface area contributed by atoms with Crippen LogP contribution >= 0.6 is 12.4 Å². The van der Waals surface area contributed by atoms with Gasteiger partial charge >= 0.3 is 5.97 Å². The van der Waals surface area contributed by atoms with Crippen molar-refractivity contribution in [3.8, 4) is 5.75 Å². The Morgan fingerprint density at radius 2 is 1.77 bits per heavy atom. The standard InChI is InChI=1S/C23H29FN2O3.ClH/c24-20-5-3-6-21(18-20)26-14-12-25(13-15-26)16-17-29-22-10-8-19(9-11-22)4-1-2-7-23(27)28;/h3,5-6,8-11,18H,1-2,4,7,12-17H2,(H,27,28);1H. The lowest BCUT2D eigenvalue weighted by molar-refractivity contribution is -0.137. The average Bonchev–Trinajstić information content (AvgIpc) is 2.73. The number of hydrogen-bond donors (Lipinski definition) is 1. The molecule has 30 heavy (non-hydrogen) atoms. The van der Waals surface area contributed by atoms with Gasteiger partial charge in [0.15, 0.2) is 0 Å². The van der Waals surface area contributed by atoms with Crippen molar-refractivity contribution in [2.75, 3.05) is 44.2 Å². The first-order valence-electron chi connectivity index (χ1n) is 10.3. The summed E-state index contributed by atoms with van der Waals surface area (Å²) in [6, 6.07) is 14.8. The second kappa shape index (κ2) is 12.4. The van der Waals surface area contributed by atoms with Crippen molar-refractivity contribution in [3.05, 3.63) is 59.9 Å². The molecule has 1 heterocycles. The maximum Gasteiger partial charge on any atom is 0.303 e. The summed E-state index contributed by atoms with van der Waals surface area (Å²) in [5, 5.41) is 8.66. The van der Waals surface area contributed by atoms with Crippen LogP contribution in [-0.2, 0) is 11.2 Å². The Morgan fingerprint density at radius 1 is 1.03 bits per heavy atom. The van der Waals surface area contributed by atoms with Crippen molar-refractivity contribution in [2.24, 2.45) is 0 Å². The summed E-state index contributed by atoms with van der Waals surface area (Å²) in [5.41, 5.74) is 2.15. The molecule has 1 aliphatic heterocycles. The van der Waals surface area contributed by atoms with E-state index in [4.69, 9.17) is 9.84 Å². The Kier molecular flexibility index (Phi) is 9.91. The van der Waals surface area contributed by atoms with Crippen LogP contribution in [-0.4, -0.2) is 55.3 Å². The number of aryl methyl sites for hydroxylation is 1. The normalized spacial score (nSPS) is 14.2. The van der Waals surface area contributed by atoms with Crippen LogP contribution in [0.2, 0.25) is 0 Å². The Balaban J connectivity index is 0.00000320. The maximum atomic E-state index is 13.4. The minimum absolute atomic E-state index is 0. The fourth-order valence-corrected chi connectivity index (χ4v) is 3.55. The summed E-state index contributed by atoms with van der Waals surface area (Å²) in [4.78, 5) is 15.1. The zero-order valence-electron chi connectivity index (χ0n) is 17.1. The molecule has 2 aromatic carbocycles. The molecule has 5 nitrogen and oxygen atoms in total. The SMILES string of the molecule is Cl.O=C(O)CCCCc1ccc(OCCN2CCN(c3cccc(F)c3)CC2)cc1. The molecule has 1 fully saturated rings. The first-order chi connectivity index (χ1) is 14.1. The molecule has 0 aromatic heterocycles. The van der Waals surface area contributed by atoms with Gasteiger partial charge in [0, 0.05) is 44.8 Å². The molecule has 1 aliphatic rings. The van der Waals surface area contributed by atoms with E-state index >= 15 is 0 Å². The smallest absolute Gasteiger partial charge is 0.303 e. The largest absolute Gasteiger partial charge is 0.492 e. The average molecular weight is 437 g/mol. The minimum atomic E-state index is -0.732. The third-order valence-corrected chi connectivity index (χ3v) is 5.25. The van der Waals surface area contributed by atoms with E-state index in [2.05, 4.69) is 9.80 Å². The van der Waals surface area contributed by atoms with Crippen LogP contribution in [0.25, 0.3) is 0 Å². The quantitative estimate of drug-likeness (QED) is 0.564. The van der Waals surface area contributed by atoms with Crippen molar-refractivity contribution in [2.45, 2.75) is 25.7 Å². The molecule has 0 bridgehead atoms. The van der Waals surface area contributed by atoms with Gasteiger partial charge in [0.25, 0.3) is 0 Å². The number of halogens is 2. The van der Waals surface area contributed by atoms with E-state index in [1.165, 1.54) is 11.6 Å². The van der Waals surface area contributed by atoms with Crippen LogP contribution in [0.3, 0.4) is 0 Å². The number of rotatable bonds is 10. The lowest BCUT2D eigenvalue weighted by Crippen LogP contribution is -2.47.